The van der Waals surface area contributed by atoms with Gasteiger partial charge in [-0.1, -0.05) is 51.0 Å². The molecule has 2 N–H and O–H groups in total. The Kier molecular flexibility index (Phi) is 9.97. The standard InChI is InChI=1S/C12H22O.C11H20O/c1-5-11(3)9-10(11)7-8-12(4,13)6-2;1-5-10(3)8-7-9-11(4,12)6-2/h6,10,13H,2,5,7-9H2,1,3-4H3;6,8,12H,2,5,7,9H2,1,3-4H3/b;10-8+. The minimum atomic E-state index is -0.704. The van der Waals surface area contributed by atoms with E-state index in [0.717, 1.165) is 38.0 Å². The summed E-state index contributed by atoms with van der Waals surface area (Å²) in [6.07, 6.45) is 12.8. The van der Waals surface area contributed by atoms with Gasteiger partial charge in [-0.3, -0.25) is 0 Å². The van der Waals surface area contributed by atoms with Crippen LogP contribution < -0.4 is 0 Å². The van der Waals surface area contributed by atoms with Gasteiger partial charge in [0.05, 0.1) is 11.2 Å². The van der Waals surface area contributed by atoms with E-state index in [4.69, 9.17) is 0 Å². The highest BCUT2D eigenvalue weighted by molar-refractivity contribution is 5.01. The highest BCUT2D eigenvalue weighted by atomic mass is 16.3. The van der Waals surface area contributed by atoms with Crippen LogP contribution >= 0.6 is 0 Å². The Morgan fingerprint density at radius 3 is 2.04 bits per heavy atom. The molecule has 0 bridgehead atoms. The molecule has 2 nitrogen and oxygen atoms in total. The lowest BCUT2D eigenvalue weighted by molar-refractivity contribution is 0.0964. The maximum absolute atomic E-state index is 9.72. The van der Waals surface area contributed by atoms with E-state index >= 15 is 0 Å². The summed E-state index contributed by atoms with van der Waals surface area (Å²) >= 11 is 0. The minimum Gasteiger partial charge on any atom is -0.386 e. The van der Waals surface area contributed by atoms with E-state index in [9.17, 15) is 10.2 Å². The smallest absolute Gasteiger partial charge is 0.0800 e. The molecule has 0 spiro atoms. The van der Waals surface area contributed by atoms with Crippen LogP contribution in [0.2, 0.25) is 0 Å². The number of allylic oxidation sites excluding steroid dienone is 2. The quantitative estimate of drug-likeness (QED) is 0.460. The first-order valence-electron chi connectivity index (χ1n) is 9.83. The number of aliphatic hydroxyl groups is 2. The molecule has 1 saturated carbocycles. The second-order valence-electron chi connectivity index (χ2n) is 8.51. The Hall–Kier alpha value is -0.860. The topological polar surface area (TPSA) is 40.5 Å². The molecule has 0 heterocycles. The van der Waals surface area contributed by atoms with Crippen LogP contribution in [-0.2, 0) is 0 Å². The SMILES string of the molecule is C=CC(C)(O)CC/C=C(\C)CC.C=CC(C)(O)CCC1CC1(C)CC. The van der Waals surface area contributed by atoms with Crippen molar-refractivity contribution in [1.82, 2.24) is 0 Å². The van der Waals surface area contributed by atoms with Gasteiger partial charge in [0.2, 0.25) is 0 Å². The van der Waals surface area contributed by atoms with Crippen molar-refractivity contribution in [2.45, 2.75) is 97.7 Å². The highest BCUT2D eigenvalue weighted by Gasteiger charge is 2.47. The second kappa shape index (κ2) is 10.3. The Labute approximate surface area is 156 Å². The van der Waals surface area contributed by atoms with Crippen LogP contribution in [-0.4, -0.2) is 21.4 Å². The minimum absolute atomic E-state index is 0.581. The van der Waals surface area contributed by atoms with Crippen molar-refractivity contribution in [2.75, 3.05) is 0 Å². The summed E-state index contributed by atoms with van der Waals surface area (Å²) < 4.78 is 0. The van der Waals surface area contributed by atoms with Crippen molar-refractivity contribution >= 4 is 0 Å². The molecule has 0 aromatic carbocycles. The number of rotatable bonds is 10. The van der Waals surface area contributed by atoms with Crippen LogP contribution in [0.1, 0.15) is 86.5 Å². The summed E-state index contributed by atoms with van der Waals surface area (Å²) in [5.41, 5.74) is 0.605. The molecule has 4 atom stereocenters. The lowest BCUT2D eigenvalue weighted by atomic mass is 9.94. The molecule has 25 heavy (non-hydrogen) atoms. The third kappa shape index (κ3) is 10.0. The summed E-state index contributed by atoms with van der Waals surface area (Å²) in [5, 5.41) is 19.3. The van der Waals surface area contributed by atoms with Gasteiger partial charge in [0.25, 0.3) is 0 Å². The van der Waals surface area contributed by atoms with E-state index in [1.807, 2.05) is 6.92 Å². The van der Waals surface area contributed by atoms with Gasteiger partial charge in [-0.15, -0.1) is 13.2 Å². The monoisotopic (exact) mass is 350 g/mol. The summed E-state index contributed by atoms with van der Waals surface area (Å²) in [4.78, 5) is 0. The first-order valence-corrected chi connectivity index (χ1v) is 9.83. The average Bonchev–Trinajstić information content (AvgIpc) is 3.24. The van der Waals surface area contributed by atoms with Gasteiger partial charge in [-0.25, -0.2) is 0 Å². The molecule has 4 unspecified atom stereocenters. The maximum Gasteiger partial charge on any atom is 0.0800 e. The average molecular weight is 351 g/mol. The van der Waals surface area contributed by atoms with E-state index in [0.29, 0.717) is 5.41 Å². The van der Waals surface area contributed by atoms with E-state index in [1.54, 1.807) is 19.1 Å². The van der Waals surface area contributed by atoms with Gasteiger partial charge in [0.1, 0.15) is 0 Å². The number of hydrogen-bond donors (Lipinski definition) is 2. The predicted molar refractivity (Wildman–Crippen MR) is 111 cm³/mol. The predicted octanol–water partition coefficient (Wildman–Crippen LogP) is 6.20. The van der Waals surface area contributed by atoms with E-state index < -0.39 is 11.2 Å². The molecule has 2 heteroatoms. The van der Waals surface area contributed by atoms with Crippen molar-refractivity contribution < 1.29 is 10.2 Å². The summed E-state index contributed by atoms with van der Waals surface area (Å²) in [6.45, 7) is 19.7. The van der Waals surface area contributed by atoms with Crippen LogP contribution in [0, 0.1) is 11.3 Å². The highest BCUT2D eigenvalue weighted by Crippen LogP contribution is 2.57. The molecule has 1 aliphatic carbocycles. The van der Waals surface area contributed by atoms with Crippen LogP contribution in [0.5, 0.6) is 0 Å². The Bertz CT molecular complexity index is 445. The molecule has 0 aromatic heterocycles. The summed E-state index contributed by atoms with van der Waals surface area (Å²) in [6, 6.07) is 0. The zero-order chi connectivity index (χ0) is 19.7. The molecule has 1 aliphatic rings. The van der Waals surface area contributed by atoms with Gasteiger partial charge < -0.3 is 10.2 Å². The molecule has 0 amide bonds. The molecule has 146 valence electrons. The molecule has 0 radical (unpaired) electrons. The van der Waals surface area contributed by atoms with Gasteiger partial charge in [0.15, 0.2) is 0 Å². The molecule has 1 rings (SSSR count). The third-order valence-electron chi connectivity index (χ3n) is 5.93. The van der Waals surface area contributed by atoms with E-state index in [2.05, 4.69) is 46.9 Å². The molecule has 1 fully saturated rings. The number of hydrogen-bond acceptors (Lipinski definition) is 2. The van der Waals surface area contributed by atoms with Gasteiger partial charge in [-0.2, -0.15) is 0 Å². The van der Waals surface area contributed by atoms with Gasteiger partial charge >= 0.3 is 0 Å². The van der Waals surface area contributed by atoms with Crippen molar-refractivity contribution in [1.29, 1.82) is 0 Å². The lowest BCUT2D eigenvalue weighted by Gasteiger charge is -2.18. The van der Waals surface area contributed by atoms with Crippen LogP contribution in [0.15, 0.2) is 37.0 Å². The van der Waals surface area contributed by atoms with Crippen LogP contribution in [0.25, 0.3) is 0 Å². The van der Waals surface area contributed by atoms with Crippen molar-refractivity contribution in [3.8, 4) is 0 Å². The Morgan fingerprint density at radius 1 is 1.12 bits per heavy atom. The summed E-state index contributed by atoms with van der Waals surface area (Å²) in [5.74, 6) is 0.837. The second-order valence-corrected chi connectivity index (χ2v) is 8.51. The van der Waals surface area contributed by atoms with Crippen LogP contribution in [0.4, 0.5) is 0 Å². The normalized spacial score (nSPS) is 27.4. The fraction of sp³-hybridized carbons (Fsp3) is 0.739. The molecular formula is C23H42O2. The first kappa shape index (κ1) is 24.1. The first-order chi connectivity index (χ1) is 11.4. The van der Waals surface area contributed by atoms with Gasteiger partial charge in [0, 0.05) is 0 Å². The Morgan fingerprint density at radius 2 is 1.64 bits per heavy atom. The fourth-order valence-corrected chi connectivity index (χ4v) is 2.81. The molecule has 0 saturated heterocycles. The molecular weight excluding hydrogens is 308 g/mol. The van der Waals surface area contributed by atoms with Crippen molar-refractivity contribution in [3.63, 3.8) is 0 Å². The van der Waals surface area contributed by atoms with Crippen LogP contribution in [0.3, 0.4) is 0 Å². The zero-order valence-corrected chi connectivity index (χ0v) is 17.6. The largest absolute Gasteiger partial charge is 0.386 e. The van der Waals surface area contributed by atoms with E-state index in [1.165, 1.54) is 18.4 Å². The lowest BCUT2D eigenvalue weighted by Crippen LogP contribution is -2.20. The maximum atomic E-state index is 9.72. The van der Waals surface area contributed by atoms with Crippen molar-refractivity contribution in [2.24, 2.45) is 11.3 Å². The van der Waals surface area contributed by atoms with E-state index in [-0.39, 0.29) is 0 Å². The summed E-state index contributed by atoms with van der Waals surface area (Å²) in [7, 11) is 0. The Balaban J connectivity index is 0.000000463. The van der Waals surface area contributed by atoms with Crippen molar-refractivity contribution in [3.05, 3.63) is 37.0 Å². The molecule has 0 aromatic rings. The fourth-order valence-electron chi connectivity index (χ4n) is 2.81. The third-order valence-corrected chi connectivity index (χ3v) is 5.93. The zero-order valence-electron chi connectivity index (χ0n) is 17.6. The van der Waals surface area contributed by atoms with Gasteiger partial charge in [-0.05, 0) is 70.6 Å². The molecule has 0 aliphatic heterocycles.